The van der Waals surface area contributed by atoms with E-state index >= 15 is 0 Å². The summed E-state index contributed by atoms with van der Waals surface area (Å²) in [6.07, 6.45) is 1.98. The van der Waals surface area contributed by atoms with E-state index in [0.717, 1.165) is 5.69 Å². The van der Waals surface area contributed by atoms with Crippen molar-refractivity contribution in [3.05, 3.63) is 48.3 Å². The summed E-state index contributed by atoms with van der Waals surface area (Å²) in [6, 6.07) is 10.3. The molecule has 1 aromatic carbocycles. The van der Waals surface area contributed by atoms with E-state index in [0.29, 0.717) is 12.1 Å². The quantitative estimate of drug-likeness (QED) is 0.914. The van der Waals surface area contributed by atoms with Crippen molar-refractivity contribution in [1.29, 1.82) is 0 Å². The summed E-state index contributed by atoms with van der Waals surface area (Å²) in [7, 11) is 0. The fraction of sp³-hybridized carbons (Fsp3) is 0.421. The van der Waals surface area contributed by atoms with Crippen LogP contribution in [0.4, 0.5) is 5.69 Å². The lowest BCUT2D eigenvalue weighted by molar-refractivity contribution is -0.127. The van der Waals surface area contributed by atoms with E-state index in [4.69, 9.17) is 0 Å². The van der Waals surface area contributed by atoms with Gasteiger partial charge < -0.3 is 5.32 Å². The van der Waals surface area contributed by atoms with Gasteiger partial charge in [0.15, 0.2) is 6.04 Å². The number of hydrogen-bond donors (Lipinski definition) is 1. The van der Waals surface area contributed by atoms with Crippen molar-refractivity contribution in [2.24, 2.45) is 0 Å². The molecule has 0 spiro atoms. The van der Waals surface area contributed by atoms with E-state index < -0.39 is 11.6 Å². The van der Waals surface area contributed by atoms with Gasteiger partial charge in [-0.25, -0.2) is 0 Å². The second-order valence-electron chi connectivity index (χ2n) is 7.49. The van der Waals surface area contributed by atoms with Gasteiger partial charge in [-0.3, -0.25) is 19.2 Å². The SMILES string of the molecule is C[C@@H]1CC(=O)N(c2ccccc2)[C@@H](C(=O)NC(C)(C)C)c2ccnn21. The Hall–Kier alpha value is -2.63. The van der Waals surface area contributed by atoms with Crippen molar-refractivity contribution in [3.63, 3.8) is 0 Å². The van der Waals surface area contributed by atoms with Crippen LogP contribution >= 0.6 is 0 Å². The highest BCUT2D eigenvalue weighted by Crippen LogP contribution is 2.34. The molecule has 2 atom stereocenters. The summed E-state index contributed by atoms with van der Waals surface area (Å²) in [5.41, 5.74) is 1.04. The number of nitrogens with one attached hydrogen (secondary N) is 1. The van der Waals surface area contributed by atoms with Crippen LogP contribution in [0.2, 0.25) is 0 Å². The Morgan fingerprint density at radius 2 is 1.88 bits per heavy atom. The first kappa shape index (κ1) is 17.2. The molecular weight excluding hydrogens is 316 g/mol. The average Bonchev–Trinajstić information content (AvgIpc) is 2.96. The van der Waals surface area contributed by atoms with Crippen molar-refractivity contribution >= 4 is 17.5 Å². The van der Waals surface area contributed by atoms with Crippen LogP contribution in [0, 0.1) is 0 Å². The molecule has 1 N–H and O–H groups in total. The van der Waals surface area contributed by atoms with Crippen LogP contribution < -0.4 is 10.2 Å². The number of anilines is 1. The van der Waals surface area contributed by atoms with Crippen LogP contribution in [-0.4, -0.2) is 27.1 Å². The number of carbonyl (C=O) groups is 2. The first-order valence-electron chi connectivity index (χ1n) is 8.50. The Labute approximate surface area is 147 Å². The zero-order chi connectivity index (χ0) is 18.2. The third-order valence-electron chi connectivity index (χ3n) is 4.18. The minimum atomic E-state index is -0.749. The van der Waals surface area contributed by atoms with Gasteiger partial charge in [-0.15, -0.1) is 0 Å². The third-order valence-corrected chi connectivity index (χ3v) is 4.18. The Morgan fingerprint density at radius 3 is 2.52 bits per heavy atom. The van der Waals surface area contributed by atoms with E-state index in [2.05, 4.69) is 10.4 Å². The molecule has 0 unspecified atom stereocenters. The molecule has 2 aromatic rings. The van der Waals surface area contributed by atoms with Gasteiger partial charge in [0.25, 0.3) is 0 Å². The molecule has 6 heteroatoms. The lowest BCUT2D eigenvalue weighted by Gasteiger charge is -2.32. The highest BCUT2D eigenvalue weighted by molar-refractivity contribution is 6.01. The zero-order valence-electron chi connectivity index (χ0n) is 15.1. The largest absolute Gasteiger partial charge is 0.349 e. The van der Waals surface area contributed by atoms with Crippen LogP contribution in [0.5, 0.6) is 0 Å². The molecule has 0 saturated carbocycles. The third kappa shape index (κ3) is 3.43. The molecule has 0 fully saturated rings. The van der Waals surface area contributed by atoms with Crippen molar-refractivity contribution in [2.45, 2.75) is 51.7 Å². The lowest BCUT2D eigenvalue weighted by atomic mass is 10.1. The molecule has 3 rings (SSSR count). The van der Waals surface area contributed by atoms with E-state index in [1.54, 1.807) is 15.8 Å². The van der Waals surface area contributed by atoms with Crippen LogP contribution in [0.3, 0.4) is 0 Å². The molecular formula is C19H24N4O2. The monoisotopic (exact) mass is 340 g/mol. The molecule has 0 saturated heterocycles. The summed E-state index contributed by atoms with van der Waals surface area (Å²) in [5.74, 6) is -0.293. The number of carbonyl (C=O) groups excluding carboxylic acids is 2. The first-order chi connectivity index (χ1) is 11.8. The number of nitrogens with zero attached hydrogens (tertiary/aromatic N) is 3. The lowest BCUT2D eigenvalue weighted by Crippen LogP contribution is -2.49. The smallest absolute Gasteiger partial charge is 0.249 e. The molecule has 0 bridgehead atoms. The minimum absolute atomic E-state index is 0.0849. The summed E-state index contributed by atoms with van der Waals surface area (Å²) >= 11 is 0. The standard InChI is InChI=1S/C19H24N4O2/c1-13-12-16(24)22(14-8-6-5-7-9-14)17(15-10-11-20-23(13)15)18(25)21-19(2,3)4/h5-11,13,17H,12H2,1-4H3,(H,21,25)/t13-,17-/m1/s1. The molecule has 2 amide bonds. The van der Waals surface area contributed by atoms with E-state index in [-0.39, 0.29) is 17.9 Å². The van der Waals surface area contributed by atoms with Crippen LogP contribution in [0.25, 0.3) is 0 Å². The van der Waals surface area contributed by atoms with Crippen molar-refractivity contribution in [3.8, 4) is 0 Å². The summed E-state index contributed by atoms with van der Waals surface area (Å²) in [6.45, 7) is 7.73. The average molecular weight is 340 g/mol. The number of para-hydroxylation sites is 1. The second kappa shape index (κ2) is 6.35. The predicted octanol–water partition coefficient (Wildman–Crippen LogP) is 2.84. The highest BCUT2D eigenvalue weighted by atomic mass is 16.2. The van der Waals surface area contributed by atoms with Crippen molar-refractivity contribution < 1.29 is 9.59 Å². The first-order valence-corrected chi connectivity index (χ1v) is 8.50. The maximum absolute atomic E-state index is 13.1. The van der Waals surface area contributed by atoms with Gasteiger partial charge in [0.2, 0.25) is 11.8 Å². The number of rotatable bonds is 2. The van der Waals surface area contributed by atoms with Gasteiger partial charge in [0, 0.05) is 23.8 Å². The summed E-state index contributed by atoms with van der Waals surface area (Å²) < 4.78 is 1.79. The fourth-order valence-corrected chi connectivity index (χ4v) is 3.19. The Morgan fingerprint density at radius 1 is 1.20 bits per heavy atom. The van der Waals surface area contributed by atoms with Gasteiger partial charge in [0.05, 0.1) is 11.7 Å². The highest BCUT2D eigenvalue weighted by Gasteiger charge is 2.39. The summed E-state index contributed by atoms with van der Waals surface area (Å²) in [5, 5.41) is 7.36. The summed E-state index contributed by atoms with van der Waals surface area (Å²) in [4.78, 5) is 27.7. The van der Waals surface area contributed by atoms with Crippen LogP contribution in [0.1, 0.15) is 51.9 Å². The minimum Gasteiger partial charge on any atom is -0.349 e. The number of hydrogen-bond acceptors (Lipinski definition) is 3. The van der Waals surface area contributed by atoms with Gasteiger partial charge in [-0.1, -0.05) is 18.2 Å². The molecule has 0 aliphatic carbocycles. The molecule has 1 aromatic heterocycles. The molecule has 2 heterocycles. The van der Waals surface area contributed by atoms with Gasteiger partial charge in [-0.2, -0.15) is 5.10 Å². The normalized spacial score (nSPS) is 20.8. The molecule has 132 valence electrons. The maximum atomic E-state index is 13.1. The van der Waals surface area contributed by atoms with Crippen molar-refractivity contribution in [2.75, 3.05) is 4.90 Å². The number of benzene rings is 1. The van der Waals surface area contributed by atoms with Gasteiger partial charge in [0.1, 0.15) is 0 Å². The molecule has 25 heavy (non-hydrogen) atoms. The van der Waals surface area contributed by atoms with Crippen LogP contribution in [-0.2, 0) is 9.59 Å². The number of amides is 2. The van der Waals surface area contributed by atoms with Gasteiger partial charge >= 0.3 is 0 Å². The maximum Gasteiger partial charge on any atom is 0.249 e. The Kier molecular flexibility index (Phi) is 4.37. The molecule has 0 radical (unpaired) electrons. The Bertz CT molecular complexity index is 776. The molecule has 1 aliphatic rings. The van der Waals surface area contributed by atoms with E-state index in [1.807, 2.05) is 64.1 Å². The second-order valence-corrected chi connectivity index (χ2v) is 7.49. The molecule has 6 nitrogen and oxygen atoms in total. The predicted molar refractivity (Wildman–Crippen MR) is 96.1 cm³/mol. The Balaban J connectivity index is 2.13. The van der Waals surface area contributed by atoms with Crippen LogP contribution in [0.15, 0.2) is 42.6 Å². The van der Waals surface area contributed by atoms with Crippen molar-refractivity contribution in [1.82, 2.24) is 15.1 Å². The zero-order valence-corrected chi connectivity index (χ0v) is 15.1. The topological polar surface area (TPSA) is 67.2 Å². The fourth-order valence-electron chi connectivity index (χ4n) is 3.19. The van der Waals surface area contributed by atoms with Gasteiger partial charge in [-0.05, 0) is 45.9 Å². The van der Waals surface area contributed by atoms with E-state index in [1.165, 1.54) is 0 Å². The number of aromatic nitrogens is 2. The number of fused-ring (bicyclic) bond motifs is 1. The van der Waals surface area contributed by atoms with E-state index in [9.17, 15) is 9.59 Å². The molecule has 1 aliphatic heterocycles.